The Bertz CT molecular complexity index is 772. The molecule has 2 heterocycles. The van der Waals surface area contributed by atoms with Crippen LogP contribution in [-0.2, 0) is 0 Å². The highest BCUT2D eigenvalue weighted by atomic mass is 79.9. The van der Waals surface area contributed by atoms with Gasteiger partial charge in [-0.1, -0.05) is 5.16 Å². The molecule has 0 aliphatic heterocycles. The third-order valence-corrected chi connectivity index (χ3v) is 3.11. The Morgan fingerprint density at radius 2 is 1.90 bits per heavy atom. The zero-order chi connectivity index (χ0) is 13.9. The van der Waals surface area contributed by atoms with Gasteiger partial charge in [-0.25, -0.2) is 0 Å². The summed E-state index contributed by atoms with van der Waals surface area (Å²) in [5.41, 5.74) is 1.99. The first-order valence-corrected chi connectivity index (χ1v) is 6.52. The lowest BCUT2D eigenvalue weighted by Crippen LogP contribution is -1.85. The Morgan fingerprint density at radius 1 is 1.10 bits per heavy atom. The molecule has 0 spiro atoms. The van der Waals surface area contributed by atoms with Gasteiger partial charge >= 0.3 is 0 Å². The van der Waals surface area contributed by atoms with Gasteiger partial charge in [-0.2, -0.15) is 10.2 Å². The molecule has 0 amide bonds. The Kier molecular flexibility index (Phi) is 3.27. The van der Waals surface area contributed by atoms with Gasteiger partial charge in [-0.3, -0.25) is 4.98 Å². The van der Waals surface area contributed by atoms with Crippen LogP contribution in [0.5, 0.6) is 0 Å². The van der Waals surface area contributed by atoms with Crippen LogP contribution in [-0.4, -0.2) is 15.1 Å². The van der Waals surface area contributed by atoms with Crippen LogP contribution in [0.2, 0.25) is 0 Å². The molecule has 96 valence electrons. The quantitative estimate of drug-likeness (QED) is 0.721. The summed E-state index contributed by atoms with van der Waals surface area (Å²) < 4.78 is 6.10. The standard InChI is InChI=1S/C14H7BrN4O/c15-11-5-6-12(17-8-11)13-18-14(20-19-13)10-3-1-9(7-16)2-4-10/h1-6,8H. The lowest BCUT2D eigenvalue weighted by molar-refractivity contribution is 0.432. The fourth-order valence-corrected chi connectivity index (χ4v) is 1.87. The second-order valence-corrected chi connectivity index (χ2v) is 4.89. The first kappa shape index (κ1) is 12.5. The maximum atomic E-state index is 8.76. The van der Waals surface area contributed by atoms with E-state index in [1.807, 2.05) is 6.07 Å². The van der Waals surface area contributed by atoms with Crippen LogP contribution < -0.4 is 0 Å². The average molecular weight is 327 g/mol. The van der Waals surface area contributed by atoms with E-state index in [0.29, 0.717) is 23.0 Å². The van der Waals surface area contributed by atoms with Crippen LogP contribution in [0, 0.1) is 11.3 Å². The largest absolute Gasteiger partial charge is 0.334 e. The molecule has 5 nitrogen and oxygen atoms in total. The third-order valence-electron chi connectivity index (χ3n) is 2.64. The first-order chi connectivity index (χ1) is 9.76. The van der Waals surface area contributed by atoms with Crippen LogP contribution in [0.3, 0.4) is 0 Å². The van der Waals surface area contributed by atoms with Crippen LogP contribution in [0.25, 0.3) is 23.0 Å². The molecule has 0 aliphatic carbocycles. The van der Waals surface area contributed by atoms with Crippen molar-refractivity contribution in [2.75, 3.05) is 0 Å². The van der Waals surface area contributed by atoms with E-state index >= 15 is 0 Å². The summed E-state index contributed by atoms with van der Waals surface area (Å²) in [5.74, 6) is 0.825. The van der Waals surface area contributed by atoms with Crippen LogP contribution in [0.4, 0.5) is 0 Å². The molecule has 0 atom stereocenters. The molecule has 0 aliphatic rings. The van der Waals surface area contributed by atoms with Gasteiger partial charge in [0.05, 0.1) is 11.6 Å². The second-order valence-electron chi connectivity index (χ2n) is 3.97. The van der Waals surface area contributed by atoms with E-state index in [9.17, 15) is 0 Å². The average Bonchev–Trinajstić information content (AvgIpc) is 2.98. The number of aromatic nitrogens is 3. The van der Waals surface area contributed by atoms with Gasteiger partial charge in [-0.05, 0) is 52.3 Å². The lowest BCUT2D eigenvalue weighted by Gasteiger charge is -1.94. The monoisotopic (exact) mass is 326 g/mol. The maximum absolute atomic E-state index is 8.76. The summed E-state index contributed by atoms with van der Waals surface area (Å²) in [7, 11) is 0. The summed E-state index contributed by atoms with van der Waals surface area (Å²) in [6.07, 6.45) is 1.67. The highest BCUT2D eigenvalue weighted by molar-refractivity contribution is 9.10. The molecule has 0 saturated heterocycles. The minimum atomic E-state index is 0.397. The molecule has 0 unspecified atom stereocenters. The number of halogens is 1. The zero-order valence-electron chi connectivity index (χ0n) is 10.1. The Morgan fingerprint density at radius 3 is 2.55 bits per heavy atom. The summed E-state index contributed by atoms with van der Waals surface area (Å²) >= 11 is 3.32. The van der Waals surface area contributed by atoms with E-state index in [4.69, 9.17) is 9.78 Å². The van der Waals surface area contributed by atoms with Crippen molar-refractivity contribution >= 4 is 15.9 Å². The van der Waals surface area contributed by atoms with E-state index in [2.05, 4.69) is 37.1 Å². The summed E-state index contributed by atoms with van der Waals surface area (Å²) in [6.45, 7) is 0. The number of nitriles is 1. The molecule has 0 fully saturated rings. The van der Waals surface area contributed by atoms with E-state index < -0.39 is 0 Å². The van der Waals surface area contributed by atoms with Gasteiger partial charge in [0.25, 0.3) is 5.89 Å². The molecule has 2 aromatic heterocycles. The Balaban J connectivity index is 1.93. The van der Waals surface area contributed by atoms with Crippen LogP contribution in [0.15, 0.2) is 51.6 Å². The fraction of sp³-hybridized carbons (Fsp3) is 0. The van der Waals surface area contributed by atoms with Crippen molar-refractivity contribution in [1.29, 1.82) is 5.26 Å². The van der Waals surface area contributed by atoms with E-state index in [-0.39, 0.29) is 0 Å². The summed E-state index contributed by atoms with van der Waals surface area (Å²) in [6, 6.07) is 12.7. The molecule has 3 aromatic rings. The van der Waals surface area contributed by atoms with Crippen molar-refractivity contribution < 1.29 is 4.52 Å². The van der Waals surface area contributed by atoms with E-state index in [1.165, 1.54) is 0 Å². The second kappa shape index (κ2) is 5.23. The molecule has 1 aromatic carbocycles. The van der Waals surface area contributed by atoms with Crippen LogP contribution >= 0.6 is 15.9 Å². The van der Waals surface area contributed by atoms with E-state index in [1.54, 1.807) is 36.5 Å². The van der Waals surface area contributed by atoms with Gasteiger partial charge in [0.1, 0.15) is 5.69 Å². The molecule has 3 rings (SSSR count). The molecule has 6 heteroatoms. The smallest absolute Gasteiger partial charge is 0.258 e. The topological polar surface area (TPSA) is 75.6 Å². The first-order valence-electron chi connectivity index (χ1n) is 5.72. The maximum Gasteiger partial charge on any atom is 0.258 e. The van der Waals surface area contributed by atoms with E-state index in [0.717, 1.165) is 10.0 Å². The predicted molar refractivity (Wildman–Crippen MR) is 75.4 cm³/mol. The lowest BCUT2D eigenvalue weighted by atomic mass is 10.1. The van der Waals surface area contributed by atoms with Crippen molar-refractivity contribution in [3.63, 3.8) is 0 Å². The summed E-state index contributed by atoms with van der Waals surface area (Å²) in [4.78, 5) is 8.51. The number of benzene rings is 1. The number of nitrogens with zero attached hydrogens (tertiary/aromatic N) is 4. The van der Waals surface area contributed by atoms with Gasteiger partial charge < -0.3 is 4.52 Å². The molecule has 0 radical (unpaired) electrons. The molecule has 0 N–H and O–H groups in total. The van der Waals surface area contributed by atoms with Crippen molar-refractivity contribution in [1.82, 2.24) is 15.1 Å². The number of pyridine rings is 1. The van der Waals surface area contributed by atoms with Crippen LogP contribution in [0.1, 0.15) is 5.56 Å². The molecular weight excluding hydrogens is 320 g/mol. The number of hydrogen-bond donors (Lipinski definition) is 0. The Hall–Kier alpha value is -2.52. The zero-order valence-corrected chi connectivity index (χ0v) is 11.7. The number of hydrogen-bond acceptors (Lipinski definition) is 5. The molecule has 0 saturated carbocycles. The van der Waals surface area contributed by atoms with Gasteiger partial charge in [0.2, 0.25) is 5.82 Å². The normalized spacial score (nSPS) is 10.2. The highest BCUT2D eigenvalue weighted by Crippen LogP contribution is 2.22. The molecule has 0 bridgehead atoms. The van der Waals surface area contributed by atoms with Gasteiger partial charge in [0.15, 0.2) is 0 Å². The van der Waals surface area contributed by atoms with Gasteiger partial charge in [0, 0.05) is 16.2 Å². The number of rotatable bonds is 2. The molecular formula is C14H7BrN4O. The fourth-order valence-electron chi connectivity index (χ4n) is 1.64. The Labute approximate surface area is 123 Å². The minimum Gasteiger partial charge on any atom is -0.334 e. The van der Waals surface area contributed by atoms with Gasteiger partial charge in [-0.15, -0.1) is 0 Å². The third kappa shape index (κ3) is 2.44. The SMILES string of the molecule is N#Cc1ccc(-c2nc(-c3ccc(Br)cn3)no2)cc1. The van der Waals surface area contributed by atoms with Crippen molar-refractivity contribution in [3.8, 4) is 29.0 Å². The summed E-state index contributed by atoms with van der Waals surface area (Å²) in [5, 5.41) is 12.7. The van der Waals surface area contributed by atoms with Crippen molar-refractivity contribution in [2.45, 2.75) is 0 Å². The predicted octanol–water partition coefficient (Wildman–Crippen LogP) is 3.43. The highest BCUT2D eigenvalue weighted by Gasteiger charge is 2.11. The minimum absolute atomic E-state index is 0.397. The van der Waals surface area contributed by atoms with Crippen molar-refractivity contribution in [2.24, 2.45) is 0 Å². The van der Waals surface area contributed by atoms with Crippen molar-refractivity contribution in [3.05, 3.63) is 52.6 Å². The molecule has 20 heavy (non-hydrogen) atoms.